The fourth-order valence-electron chi connectivity index (χ4n) is 9.24. The first-order valence-corrected chi connectivity index (χ1v) is 18.5. The minimum Gasteiger partial charge on any atom is -0.0953 e. The molecule has 1 aromatic carbocycles. The van der Waals surface area contributed by atoms with Gasteiger partial charge in [0.05, 0.1) is 0 Å². The Morgan fingerprint density at radius 1 is 0.977 bits per heavy atom. The molecule has 4 aliphatic rings. The molecule has 0 bridgehead atoms. The first-order chi connectivity index (χ1) is 21.2. The lowest BCUT2D eigenvalue weighted by atomic mass is 9.70. The van der Waals surface area contributed by atoms with Gasteiger partial charge in [0.1, 0.15) is 0 Å². The van der Waals surface area contributed by atoms with Gasteiger partial charge in [-0.05, 0) is 145 Å². The zero-order valence-electron chi connectivity index (χ0n) is 29.4. The van der Waals surface area contributed by atoms with E-state index < -0.39 is 0 Å². The average Bonchev–Trinajstić information content (AvgIpc) is 3.66. The van der Waals surface area contributed by atoms with Gasteiger partial charge in [-0.25, -0.2) is 0 Å². The summed E-state index contributed by atoms with van der Waals surface area (Å²) in [4.78, 5) is 0. The summed E-state index contributed by atoms with van der Waals surface area (Å²) in [5.74, 6) is 3.37. The van der Waals surface area contributed by atoms with Crippen LogP contribution in [0.2, 0.25) is 0 Å². The highest BCUT2D eigenvalue weighted by Crippen LogP contribution is 2.60. The van der Waals surface area contributed by atoms with Crippen molar-refractivity contribution in [2.75, 3.05) is 0 Å². The molecule has 0 N–H and O–H groups in total. The van der Waals surface area contributed by atoms with Crippen molar-refractivity contribution in [2.24, 2.45) is 35.0 Å². The predicted octanol–water partition coefficient (Wildman–Crippen LogP) is 13.7. The first kappa shape index (κ1) is 33.0. The van der Waals surface area contributed by atoms with Crippen LogP contribution in [0.4, 0.5) is 0 Å². The van der Waals surface area contributed by atoms with Crippen molar-refractivity contribution in [3.63, 3.8) is 0 Å². The van der Waals surface area contributed by atoms with Crippen molar-refractivity contribution in [1.29, 1.82) is 0 Å². The van der Waals surface area contributed by atoms with Gasteiger partial charge >= 0.3 is 0 Å². The largest absolute Gasteiger partial charge is 0.0953 e. The second-order valence-electron chi connectivity index (χ2n) is 15.2. The highest BCUT2D eigenvalue weighted by atomic mass is 14.5. The van der Waals surface area contributed by atoms with Crippen LogP contribution in [0.25, 0.3) is 5.57 Å². The molecule has 0 spiro atoms. The minimum absolute atomic E-state index is 0. The number of hydrogen-bond acceptors (Lipinski definition) is 0. The van der Waals surface area contributed by atoms with Gasteiger partial charge in [0.2, 0.25) is 0 Å². The van der Waals surface area contributed by atoms with Gasteiger partial charge in [-0.1, -0.05) is 121 Å². The Kier molecular flexibility index (Phi) is 10.8. The van der Waals surface area contributed by atoms with Crippen LogP contribution in [-0.2, 0) is 6.42 Å². The Labute approximate surface area is 274 Å². The molecular weight excluding hydrogens is 528 g/mol. The summed E-state index contributed by atoms with van der Waals surface area (Å²) in [6.45, 7) is 21.5. The van der Waals surface area contributed by atoms with E-state index in [0.29, 0.717) is 23.2 Å². The maximum absolute atomic E-state index is 4.76. The van der Waals surface area contributed by atoms with E-state index in [1.807, 2.05) is 0 Å². The predicted molar refractivity (Wildman–Crippen MR) is 198 cm³/mol. The molecule has 4 aliphatic carbocycles. The van der Waals surface area contributed by atoms with E-state index in [0.717, 1.165) is 24.7 Å². The Morgan fingerprint density at radius 3 is 2.23 bits per heavy atom. The molecule has 0 radical (unpaired) electrons. The van der Waals surface area contributed by atoms with Crippen LogP contribution in [-0.4, -0.2) is 0 Å². The fourth-order valence-corrected chi connectivity index (χ4v) is 9.24. The first-order valence-electron chi connectivity index (χ1n) is 18.5. The van der Waals surface area contributed by atoms with Crippen LogP contribution in [0.1, 0.15) is 139 Å². The summed E-state index contributed by atoms with van der Waals surface area (Å²) < 4.78 is 0. The van der Waals surface area contributed by atoms with E-state index >= 15 is 0 Å². The van der Waals surface area contributed by atoms with Crippen molar-refractivity contribution in [2.45, 2.75) is 132 Å². The molecule has 0 saturated heterocycles. The van der Waals surface area contributed by atoms with Crippen LogP contribution in [0, 0.1) is 35.0 Å². The number of aryl methyl sites for hydroxylation is 1. The molecule has 1 aromatic rings. The number of rotatable bonds is 13. The molecule has 0 amide bonds. The number of allylic oxidation sites excluding steroid dienone is 11. The second kappa shape index (κ2) is 14.4. The third kappa shape index (κ3) is 6.90. The summed E-state index contributed by atoms with van der Waals surface area (Å²) >= 11 is 0. The van der Waals surface area contributed by atoms with E-state index in [4.69, 9.17) is 6.58 Å². The third-order valence-corrected chi connectivity index (χ3v) is 12.4. The maximum Gasteiger partial charge on any atom is 0.0130 e. The lowest BCUT2D eigenvalue weighted by Crippen LogP contribution is -2.20. The van der Waals surface area contributed by atoms with Gasteiger partial charge < -0.3 is 0 Å². The van der Waals surface area contributed by atoms with Crippen molar-refractivity contribution in [1.82, 2.24) is 0 Å². The lowest BCUT2D eigenvalue weighted by Gasteiger charge is -2.34. The molecule has 3 unspecified atom stereocenters. The second-order valence-corrected chi connectivity index (χ2v) is 15.2. The zero-order valence-corrected chi connectivity index (χ0v) is 29.4. The SMILES string of the molecule is C=C(/C=C\C1=C(C)C(C)=C(c2ccc(CC)cc2)CC1C1=CC(C)CC(C(C)C2CCCC2)=C1)C1(C(CCC)CCC)CC1.[HH].[HH]. The molecule has 0 aliphatic heterocycles. The van der Waals surface area contributed by atoms with E-state index in [1.165, 1.54) is 110 Å². The van der Waals surface area contributed by atoms with E-state index in [1.54, 1.807) is 11.1 Å². The van der Waals surface area contributed by atoms with Crippen molar-refractivity contribution in [3.8, 4) is 0 Å². The van der Waals surface area contributed by atoms with Crippen LogP contribution in [0.15, 0.2) is 88.6 Å². The molecule has 0 heteroatoms. The van der Waals surface area contributed by atoms with Gasteiger partial charge in [-0.2, -0.15) is 0 Å². The highest BCUT2D eigenvalue weighted by Gasteiger charge is 2.49. The summed E-state index contributed by atoms with van der Waals surface area (Å²) in [7, 11) is 0. The molecular formula is C44H66. The Balaban J connectivity index is 0.00000288. The highest BCUT2D eigenvalue weighted by molar-refractivity contribution is 5.76. The van der Waals surface area contributed by atoms with E-state index in [9.17, 15) is 0 Å². The Bertz CT molecular complexity index is 1330. The summed E-state index contributed by atoms with van der Waals surface area (Å²) in [5, 5.41) is 0. The maximum atomic E-state index is 4.76. The molecule has 0 nitrogen and oxygen atoms in total. The van der Waals surface area contributed by atoms with Crippen molar-refractivity contribution in [3.05, 3.63) is 99.7 Å². The molecule has 5 rings (SSSR count). The van der Waals surface area contributed by atoms with Gasteiger partial charge in [0.25, 0.3) is 0 Å². The average molecular weight is 595 g/mol. The molecule has 0 heterocycles. The smallest absolute Gasteiger partial charge is 0.0130 e. The van der Waals surface area contributed by atoms with Gasteiger partial charge in [-0.3, -0.25) is 0 Å². The standard InChI is InChI=1S/C44H62.2H2/c1-9-14-40(15-10-2)44(24-25-44)31(5)18-23-41-32(6)33(7)42(37-21-19-35(11-3)20-22-37)29-43(41)39-27-30(4)26-38(28-39)34(8)36-16-12-13-17-36;;/h18-23,27-28,30,34,36,40,43H,5,9-17,24-26,29H2,1-4,6-8H3;2*1H/b23-18-;;. The van der Waals surface area contributed by atoms with Gasteiger partial charge in [-0.15, -0.1) is 0 Å². The van der Waals surface area contributed by atoms with E-state index in [2.05, 4.69) is 97.0 Å². The van der Waals surface area contributed by atoms with Crippen molar-refractivity contribution < 1.29 is 2.85 Å². The number of hydrogen-bond donors (Lipinski definition) is 0. The monoisotopic (exact) mass is 595 g/mol. The van der Waals surface area contributed by atoms with Crippen molar-refractivity contribution >= 4 is 5.57 Å². The van der Waals surface area contributed by atoms with Crippen LogP contribution in [0.5, 0.6) is 0 Å². The molecule has 3 atom stereocenters. The zero-order chi connectivity index (χ0) is 31.4. The fraction of sp³-hybridized carbons (Fsp3) is 0.591. The lowest BCUT2D eigenvalue weighted by molar-refractivity contribution is 0.311. The quantitative estimate of drug-likeness (QED) is 0.199. The van der Waals surface area contributed by atoms with Gasteiger partial charge in [0.15, 0.2) is 0 Å². The Hall–Kier alpha value is -2.34. The topological polar surface area (TPSA) is 0 Å². The molecule has 242 valence electrons. The normalized spacial score (nSPS) is 24.7. The summed E-state index contributed by atoms with van der Waals surface area (Å²) in [5.41, 5.74) is 13.9. The van der Waals surface area contributed by atoms with Crippen LogP contribution >= 0.6 is 0 Å². The third-order valence-electron chi connectivity index (χ3n) is 12.4. The van der Waals surface area contributed by atoms with Crippen LogP contribution < -0.4 is 0 Å². The minimum atomic E-state index is 0. The molecule has 0 aromatic heterocycles. The molecule has 2 fully saturated rings. The summed E-state index contributed by atoms with van der Waals surface area (Å²) in [6, 6.07) is 9.43. The number of benzene rings is 1. The summed E-state index contributed by atoms with van der Waals surface area (Å²) in [6.07, 6.45) is 27.3. The van der Waals surface area contributed by atoms with Crippen LogP contribution in [0.3, 0.4) is 0 Å². The Morgan fingerprint density at radius 2 is 1.64 bits per heavy atom. The molecule has 44 heavy (non-hydrogen) atoms. The molecule has 2 saturated carbocycles. The van der Waals surface area contributed by atoms with Gasteiger partial charge in [0, 0.05) is 8.77 Å². The van der Waals surface area contributed by atoms with E-state index in [-0.39, 0.29) is 2.85 Å².